The van der Waals surface area contributed by atoms with Gasteiger partial charge in [0.05, 0.1) is 17.7 Å². The van der Waals surface area contributed by atoms with Gasteiger partial charge in [-0.1, -0.05) is 47.5 Å². The number of carbonyl (C=O) groups excluding carboxylic acids is 1. The van der Waals surface area contributed by atoms with E-state index >= 15 is 0 Å². The number of nitrogens with zero attached hydrogens (tertiary/aromatic N) is 3. The number of hydrogen-bond acceptors (Lipinski definition) is 8. The number of fused-ring (bicyclic) bond motifs is 1. The standard InChI is InChI=1S/C29H25ClN4O5S/c1-18-8-10-21(11-9-18)37-12-13-38-26-23(30)15-19(16-24(26)36-2)14-22-27(31)34-29(32-28(22)35)40-25(33-34)17-39-20-6-4-3-5-7-20/h3-11,14-16,31H,12-13,17H2,1-2H3/b22-14-,31-27?. The molecular weight excluding hydrogens is 552 g/mol. The highest BCUT2D eigenvalue weighted by molar-refractivity contribution is 8.27. The Balaban J connectivity index is 1.26. The SMILES string of the molecule is COc1cc(/C=C2/C(=N)N3N=C(COc4ccccc4)SC3=NC2=O)cc(Cl)c1OCCOc1ccc(C)cc1. The van der Waals surface area contributed by atoms with Gasteiger partial charge in [-0.25, -0.2) is 0 Å². The van der Waals surface area contributed by atoms with Crippen molar-refractivity contribution in [1.29, 1.82) is 5.41 Å². The number of ether oxygens (including phenoxy) is 4. The topological polar surface area (TPSA) is 106 Å². The van der Waals surface area contributed by atoms with Crippen LogP contribution in [-0.4, -0.2) is 53.9 Å². The summed E-state index contributed by atoms with van der Waals surface area (Å²) in [5, 5.41) is 15.5. The number of methoxy groups -OCH3 is 1. The summed E-state index contributed by atoms with van der Waals surface area (Å²) in [7, 11) is 1.50. The van der Waals surface area contributed by atoms with Gasteiger partial charge in [-0.05, 0) is 66.7 Å². The summed E-state index contributed by atoms with van der Waals surface area (Å²) >= 11 is 7.71. The van der Waals surface area contributed by atoms with Crippen LogP contribution in [0.1, 0.15) is 11.1 Å². The Hall–Kier alpha value is -4.28. The van der Waals surface area contributed by atoms with Crippen LogP contribution in [-0.2, 0) is 4.79 Å². The van der Waals surface area contributed by atoms with E-state index in [2.05, 4.69) is 10.1 Å². The molecule has 40 heavy (non-hydrogen) atoms. The van der Waals surface area contributed by atoms with Gasteiger partial charge in [-0.2, -0.15) is 15.1 Å². The molecule has 204 valence electrons. The molecule has 3 aromatic carbocycles. The molecule has 1 N–H and O–H groups in total. The number of carbonyl (C=O) groups is 1. The molecule has 0 saturated carbocycles. The van der Waals surface area contributed by atoms with E-state index in [1.54, 1.807) is 12.1 Å². The van der Waals surface area contributed by atoms with Gasteiger partial charge in [0.25, 0.3) is 5.91 Å². The molecule has 0 bridgehead atoms. The molecule has 0 spiro atoms. The van der Waals surface area contributed by atoms with Crippen molar-refractivity contribution >= 4 is 51.4 Å². The minimum Gasteiger partial charge on any atom is -0.493 e. The van der Waals surface area contributed by atoms with Crippen LogP contribution in [0.3, 0.4) is 0 Å². The maximum absolute atomic E-state index is 12.8. The van der Waals surface area contributed by atoms with Crippen LogP contribution in [0, 0.1) is 12.3 Å². The summed E-state index contributed by atoms with van der Waals surface area (Å²) in [6.07, 6.45) is 1.53. The fraction of sp³-hybridized carbons (Fsp3) is 0.172. The van der Waals surface area contributed by atoms with Gasteiger partial charge in [-0.3, -0.25) is 10.2 Å². The highest BCUT2D eigenvalue weighted by atomic mass is 35.5. The normalized spacial score (nSPS) is 15.5. The Morgan fingerprint density at radius 1 is 1.00 bits per heavy atom. The van der Waals surface area contributed by atoms with E-state index in [-0.39, 0.29) is 29.6 Å². The molecule has 0 atom stereocenters. The third-order valence-electron chi connectivity index (χ3n) is 5.78. The maximum Gasteiger partial charge on any atom is 0.283 e. The van der Waals surface area contributed by atoms with Crippen LogP contribution in [0.2, 0.25) is 5.02 Å². The van der Waals surface area contributed by atoms with Crippen LogP contribution in [0.25, 0.3) is 6.08 Å². The van der Waals surface area contributed by atoms with Crippen molar-refractivity contribution in [1.82, 2.24) is 5.01 Å². The third kappa shape index (κ3) is 6.30. The zero-order valence-electron chi connectivity index (χ0n) is 21.7. The number of benzene rings is 3. The van der Waals surface area contributed by atoms with Gasteiger partial charge in [0.1, 0.15) is 36.4 Å². The van der Waals surface area contributed by atoms with E-state index in [0.717, 1.165) is 11.3 Å². The largest absolute Gasteiger partial charge is 0.493 e. The van der Waals surface area contributed by atoms with Crippen molar-refractivity contribution in [2.75, 3.05) is 26.9 Å². The Bertz CT molecular complexity index is 1520. The number of aliphatic imine (C=N–C) groups is 1. The number of hydrogen-bond donors (Lipinski definition) is 1. The minimum absolute atomic E-state index is 0.0663. The smallest absolute Gasteiger partial charge is 0.283 e. The molecule has 5 rings (SSSR count). The number of hydrazone groups is 1. The number of amidine groups is 2. The summed E-state index contributed by atoms with van der Waals surface area (Å²) in [4.78, 5) is 17.0. The van der Waals surface area contributed by atoms with E-state index < -0.39 is 5.91 Å². The molecule has 2 aliphatic rings. The fourth-order valence-corrected chi connectivity index (χ4v) is 4.89. The summed E-state index contributed by atoms with van der Waals surface area (Å²) in [5.74, 6) is 1.53. The van der Waals surface area contributed by atoms with Gasteiger partial charge in [0, 0.05) is 0 Å². The highest BCUT2D eigenvalue weighted by Gasteiger charge is 2.35. The number of thioether (sulfide) groups is 1. The predicted octanol–water partition coefficient (Wildman–Crippen LogP) is 5.81. The van der Waals surface area contributed by atoms with Crippen molar-refractivity contribution in [3.05, 3.63) is 88.5 Å². The minimum atomic E-state index is -0.548. The lowest BCUT2D eigenvalue weighted by atomic mass is 10.1. The Kier molecular flexibility index (Phi) is 8.37. The first-order valence-electron chi connectivity index (χ1n) is 12.3. The van der Waals surface area contributed by atoms with E-state index in [1.807, 2.05) is 61.5 Å². The second kappa shape index (κ2) is 12.3. The molecule has 9 nitrogen and oxygen atoms in total. The first kappa shape index (κ1) is 27.3. The molecule has 0 unspecified atom stereocenters. The van der Waals surface area contributed by atoms with E-state index in [9.17, 15) is 4.79 Å². The number of para-hydroxylation sites is 1. The van der Waals surface area contributed by atoms with Crippen LogP contribution in [0.15, 0.2) is 82.4 Å². The Morgan fingerprint density at radius 3 is 2.48 bits per heavy atom. The number of amides is 1. The van der Waals surface area contributed by atoms with Gasteiger partial charge in [0.15, 0.2) is 17.3 Å². The molecule has 0 saturated heterocycles. The summed E-state index contributed by atoms with van der Waals surface area (Å²) in [6, 6.07) is 20.4. The lowest BCUT2D eigenvalue weighted by Crippen LogP contribution is -2.35. The van der Waals surface area contributed by atoms with E-state index in [4.69, 9.17) is 36.0 Å². The lowest BCUT2D eigenvalue weighted by Gasteiger charge is -2.20. The molecule has 0 aromatic heterocycles. The van der Waals surface area contributed by atoms with Gasteiger partial charge in [0.2, 0.25) is 5.17 Å². The van der Waals surface area contributed by atoms with Crippen molar-refractivity contribution < 1.29 is 23.7 Å². The number of nitrogens with one attached hydrogen (secondary N) is 1. The zero-order valence-corrected chi connectivity index (χ0v) is 23.3. The number of rotatable bonds is 10. The number of aryl methyl sites for hydroxylation is 1. The molecule has 1 amide bonds. The van der Waals surface area contributed by atoms with Crippen molar-refractivity contribution in [2.45, 2.75) is 6.92 Å². The van der Waals surface area contributed by atoms with Crippen molar-refractivity contribution in [3.8, 4) is 23.0 Å². The van der Waals surface area contributed by atoms with Crippen LogP contribution in [0.4, 0.5) is 0 Å². The monoisotopic (exact) mass is 576 g/mol. The quantitative estimate of drug-likeness (QED) is 0.240. The molecule has 0 aliphatic carbocycles. The van der Waals surface area contributed by atoms with E-state index in [1.165, 1.54) is 30.0 Å². The number of halogens is 1. The van der Waals surface area contributed by atoms with Crippen LogP contribution < -0.4 is 18.9 Å². The first-order chi connectivity index (χ1) is 19.4. The average Bonchev–Trinajstić information content (AvgIpc) is 3.37. The van der Waals surface area contributed by atoms with Crippen molar-refractivity contribution in [2.24, 2.45) is 10.1 Å². The fourth-order valence-electron chi connectivity index (χ4n) is 3.82. The molecule has 2 aliphatic heterocycles. The van der Waals surface area contributed by atoms with Crippen LogP contribution in [0.5, 0.6) is 23.0 Å². The molecule has 0 radical (unpaired) electrons. The first-order valence-corrected chi connectivity index (χ1v) is 13.5. The Labute approximate surface area is 240 Å². The summed E-state index contributed by atoms with van der Waals surface area (Å²) < 4.78 is 22.8. The molecule has 2 heterocycles. The third-order valence-corrected chi connectivity index (χ3v) is 6.95. The summed E-state index contributed by atoms with van der Waals surface area (Å²) in [6.45, 7) is 2.76. The van der Waals surface area contributed by atoms with Gasteiger partial charge >= 0.3 is 0 Å². The average molecular weight is 577 g/mol. The molecular formula is C29H25ClN4O5S. The second-order valence-corrected chi connectivity index (χ2v) is 10.1. The molecule has 11 heteroatoms. The molecule has 0 fully saturated rings. The Morgan fingerprint density at radius 2 is 1.73 bits per heavy atom. The zero-order chi connectivity index (χ0) is 28.1. The molecule has 3 aromatic rings. The second-order valence-electron chi connectivity index (χ2n) is 8.66. The van der Waals surface area contributed by atoms with Crippen molar-refractivity contribution in [3.63, 3.8) is 0 Å². The summed E-state index contributed by atoms with van der Waals surface area (Å²) in [5.41, 5.74) is 1.76. The van der Waals surface area contributed by atoms with Gasteiger partial charge < -0.3 is 18.9 Å². The van der Waals surface area contributed by atoms with Crippen LogP contribution >= 0.6 is 23.4 Å². The highest BCUT2D eigenvalue weighted by Crippen LogP contribution is 2.37. The maximum atomic E-state index is 12.8. The lowest BCUT2D eigenvalue weighted by molar-refractivity contribution is -0.114. The predicted molar refractivity (Wildman–Crippen MR) is 157 cm³/mol. The van der Waals surface area contributed by atoms with Gasteiger partial charge in [-0.15, -0.1) is 0 Å². The van der Waals surface area contributed by atoms with E-state index in [0.29, 0.717) is 39.6 Å².